The Morgan fingerprint density at radius 1 is 1.48 bits per heavy atom. The van der Waals surface area contributed by atoms with Crippen molar-refractivity contribution in [1.29, 1.82) is 0 Å². The summed E-state index contributed by atoms with van der Waals surface area (Å²) < 4.78 is 24.1. The molecule has 2 heterocycles. The van der Waals surface area contributed by atoms with E-state index in [2.05, 4.69) is 15.8 Å². The normalized spacial score (nSPS) is 16.7. The van der Waals surface area contributed by atoms with Gasteiger partial charge in [-0.05, 0) is 31.2 Å². The van der Waals surface area contributed by atoms with E-state index in [1.807, 2.05) is 0 Å². The number of halogens is 1. The molecule has 0 bridgehead atoms. The van der Waals surface area contributed by atoms with Crippen LogP contribution in [-0.2, 0) is 0 Å². The Hall–Kier alpha value is -2.61. The molecular formula is C17H21FN4O3. The topological polar surface area (TPSA) is 79.6 Å². The van der Waals surface area contributed by atoms with E-state index in [0.717, 1.165) is 19.5 Å². The molecule has 1 atom stereocenters. The van der Waals surface area contributed by atoms with Gasteiger partial charge in [0.15, 0.2) is 23.1 Å². The number of hydrogen-bond acceptors (Lipinski definition) is 6. The van der Waals surface area contributed by atoms with Crippen LogP contribution >= 0.6 is 0 Å². The van der Waals surface area contributed by atoms with Crippen LogP contribution in [0.4, 0.5) is 10.2 Å². The third-order valence-corrected chi connectivity index (χ3v) is 4.13. The Morgan fingerprint density at radius 3 is 2.92 bits per heavy atom. The molecule has 0 spiro atoms. The van der Waals surface area contributed by atoms with Crippen LogP contribution in [0.2, 0.25) is 0 Å². The van der Waals surface area contributed by atoms with Gasteiger partial charge in [0.2, 0.25) is 0 Å². The first-order valence-electron chi connectivity index (χ1n) is 8.03. The highest BCUT2D eigenvalue weighted by Crippen LogP contribution is 2.33. The van der Waals surface area contributed by atoms with Crippen LogP contribution in [-0.4, -0.2) is 51.4 Å². The lowest BCUT2D eigenvalue weighted by molar-refractivity contribution is 0.0941. The van der Waals surface area contributed by atoms with Gasteiger partial charge in [-0.1, -0.05) is 5.16 Å². The molecule has 134 valence electrons. The number of hydrogen-bond donors (Lipinski definition) is 2. The summed E-state index contributed by atoms with van der Waals surface area (Å²) in [6.07, 6.45) is 0.869. The predicted molar refractivity (Wildman–Crippen MR) is 91.5 cm³/mol. The molecule has 0 radical (unpaired) electrons. The van der Waals surface area contributed by atoms with Crippen LogP contribution in [0.15, 0.2) is 22.7 Å². The number of amides is 1. The quantitative estimate of drug-likeness (QED) is 0.855. The van der Waals surface area contributed by atoms with Gasteiger partial charge >= 0.3 is 0 Å². The van der Waals surface area contributed by atoms with Crippen molar-refractivity contribution in [2.75, 3.05) is 39.2 Å². The molecule has 1 aliphatic heterocycles. The highest BCUT2D eigenvalue weighted by atomic mass is 19.1. The summed E-state index contributed by atoms with van der Waals surface area (Å²) >= 11 is 0. The number of aromatic nitrogens is 1. The van der Waals surface area contributed by atoms with Crippen molar-refractivity contribution in [3.05, 3.63) is 29.6 Å². The van der Waals surface area contributed by atoms with E-state index in [9.17, 15) is 9.18 Å². The van der Waals surface area contributed by atoms with Gasteiger partial charge in [-0.2, -0.15) is 0 Å². The molecule has 2 aromatic rings. The number of benzene rings is 1. The van der Waals surface area contributed by atoms with Gasteiger partial charge in [0.1, 0.15) is 5.56 Å². The average Bonchev–Trinajstić information content (AvgIpc) is 3.24. The number of methoxy groups -OCH3 is 1. The number of ether oxygens (including phenoxy) is 1. The molecule has 2 N–H and O–H groups in total. The second-order valence-electron chi connectivity index (χ2n) is 6.12. The third kappa shape index (κ3) is 3.43. The Morgan fingerprint density at radius 2 is 2.28 bits per heavy atom. The summed E-state index contributed by atoms with van der Waals surface area (Å²) in [5.41, 5.74) is 0.846. The number of nitrogens with zero attached hydrogens (tertiary/aromatic N) is 2. The molecule has 1 aliphatic rings. The van der Waals surface area contributed by atoms with Gasteiger partial charge in [0, 0.05) is 32.2 Å². The average molecular weight is 348 g/mol. The van der Waals surface area contributed by atoms with Crippen molar-refractivity contribution >= 4 is 11.7 Å². The summed E-state index contributed by atoms with van der Waals surface area (Å²) in [4.78, 5) is 14.5. The zero-order valence-electron chi connectivity index (χ0n) is 14.4. The number of rotatable bonds is 5. The molecule has 0 saturated carbocycles. The van der Waals surface area contributed by atoms with E-state index < -0.39 is 5.82 Å². The molecule has 1 amide bonds. The first-order chi connectivity index (χ1) is 12.0. The molecule has 7 nitrogen and oxygen atoms in total. The van der Waals surface area contributed by atoms with Gasteiger partial charge in [-0.15, -0.1) is 0 Å². The molecule has 1 aromatic carbocycles. The fraction of sp³-hybridized carbons (Fsp3) is 0.412. The van der Waals surface area contributed by atoms with Crippen molar-refractivity contribution in [3.8, 4) is 17.1 Å². The van der Waals surface area contributed by atoms with E-state index in [4.69, 9.17) is 9.26 Å². The first-order valence-corrected chi connectivity index (χ1v) is 8.03. The van der Waals surface area contributed by atoms with Crippen LogP contribution in [0.1, 0.15) is 16.8 Å². The smallest absolute Gasteiger partial charge is 0.259 e. The molecule has 1 aromatic heterocycles. The third-order valence-electron chi connectivity index (χ3n) is 4.13. The maximum absolute atomic E-state index is 13.7. The number of anilines is 1. The summed E-state index contributed by atoms with van der Waals surface area (Å²) in [5, 5.41) is 10.2. The molecule has 25 heavy (non-hydrogen) atoms. The van der Waals surface area contributed by atoms with Crippen LogP contribution in [0.5, 0.6) is 5.75 Å². The van der Waals surface area contributed by atoms with E-state index >= 15 is 0 Å². The van der Waals surface area contributed by atoms with E-state index in [1.54, 1.807) is 19.0 Å². The number of carbonyl (C=O) groups excluding carboxylic acids is 1. The molecule has 1 saturated heterocycles. The van der Waals surface area contributed by atoms with E-state index in [1.165, 1.54) is 25.3 Å². The molecule has 1 fully saturated rings. The molecule has 0 unspecified atom stereocenters. The fourth-order valence-corrected chi connectivity index (χ4v) is 2.83. The highest BCUT2D eigenvalue weighted by Gasteiger charge is 2.28. The minimum absolute atomic E-state index is 0.0630. The van der Waals surface area contributed by atoms with Gasteiger partial charge in [-0.3, -0.25) is 4.79 Å². The van der Waals surface area contributed by atoms with Crippen molar-refractivity contribution in [2.45, 2.75) is 12.5 Å². The Labute approximate surface area is 145 Å². The van der Waals surface area contributed by atoms with Crippen molar-refractivity contribution < 1.29 is 18.4 Å². The summed E-state index contributed by atoms with van der Waals surface area (Å²) in [6, 6.07) is 4.36. The number of nitrogens with one attached hydrogen (secondary N) is 2. The summed E-state index contributed by atoms with van der Waals surface area (Å²) in [6.45, 7) is 1.60. The Balaban J connectivity index is 2.00. The highest BCUT2D eigenvalue weighted by molar-refractivity contribution is 6.04. The maximum Gasteiger partial charge on any atom is 0.259 e. The maximum atomic E-state index is 13.7. The molecule has 3 rings (SSSR count). The lowest BCUT2D eigenvalue weighted by Crippen LogP contribution is -2.36. The second-order valence-corrected chi connectivity index (χ2v) is 6.12. The summed E-state index contributed by atoms with van der Waals surface area (Å²) in [7, 11) is 4.94. The van der Waals surface area contributed by atoms with Gasteiger partial charge in [-0.25, -0.2) is 4.39 Å². The zero-order valence-corrected chi connectivity index (χ0v) is 14.4. The van der Waals surface area contributed by atoms with Crippen molar-refractivity contribution in [2.24, 2.45) is 0 Å². The van der Waals surface area contributed by atoms with E-state index in [-0.39, 0.29) is 23.5 Å². The van der Waals surface area contributed by atoms with Gasteiger partial charge < -0.3 is 24.8 Å². The van der Waals surface area contributed by atoms with Crippen molar-refractivity contribution in [3.63, 3.8) is 0 Å². The van der Waals surface area contributed by atoms with Crippen LogP contribution in [0.3, 0.4) is 0 Å². The fourth-order valence-electron chi connectivity index (χ4n) is 2.83. The van der Waals surface area contributed by atoms with E-state index in [0.29, 0.717) is 16.9 Å². The van der Waals surface area contributed by atoms with Crippen molar-refractivity contribution in [1.82, 2.24) is 15.8 Å². The number of carbonyl (C=O) groups is 1. The van der Waals surface area contributed by atoms with Gasteiger partial charge in [0.25, 0.3) is 5.91 Å². The van der Waals surface area contributed by atoms with Crippen LogP contribution in [0, 0.1) is 5.82 Å². The molecule has 8 heteroatoms. The Kier molecular flexibility index (Phi) is 4.89. The molecule has 0 aliphatic carbocycles. The standard InChI is InChI=1S/C17H21FN4O3/c1-22(2)16-14(17(23)20-11-6-7-19-9-11)15(25-21-16)10-4-5-12(18)13(8-10)24-3/h4-5,8,11,19H,6-7,9H2,1-3H3,(H,20,23)/t11-/m0/s1. The largest absolute Gasteiger partial charge is 0.494 e. The minimum Gasteiger partial charge on any atom is -0.494 e. The lowest BCUT2D eigenvalue weighted by atomic mass is 10.1. The molecular weight excluding hydrogens is 327 g/mol. The zero-order chi connectivity index (χ0) is 18.0. The predicted octanol–water partition coefficient (Wildman–Crippen LogP) is 1.65. The van der Waals surface area contributed by atoms with Crippen LogP contribution in [0.25, 0.3) is 11.3 Å². The Bertz CT molecular complexity index is 769. The first kappa shape index (κ1) is 17.2. The van der Waals surface area contributed by atoms with Crippen LogP contribution < -0.4 is 20.3 Å². The lowest BCUT2D eigenvalue weighted by Gasteiger charge is -2.14. The van der Waals surface area contributed by atoms with Gasteiger partial charge in [0.05, 0.1) is 7.11 Å². The SMILES string of the molecule is COc1cc(-c2onc(N(C)C)c2C(=O)N[C@H]2CCNC2)ccc1F. The monoisotopic (exact) mass is 348 g/mol. The second kappa shape index (κ2) is 7.10. The summed E-state index contributed by atoms with van der Waals surface area (Å²) in [5.74, 6) is 0.0254. The minimum atomic E-state index is -0.485.